The average Bonchev–Trinajstić information content (AvgIpc) is 2.27. The van der Waals surface area contributed by atoms with Crippen molar-refractivity contribution in [3.63, 3.8) is 0 Å². The maximum atomic E-state index is 5.31. The molecular weight excluding hydrogens is 299 g/mol. The number of para-hydroxylation sites is 1. The van der Waals surface area contributed by atoms with Gasteiger partial charge in [-0.15, -0.1) is 0 Å². The zero-order valence-electron chi connectivity index (χ0n) is 9.72. The van der Waals surface area contributed by atoms with Gasteiger partial charge < -0.3 is 3.07 Å². The first-order valence-electron chi connectivity index (χ1n) is 5.45. The summed E-state index contributed by atoms with van der Waals surface area (Å²) < 4.78 is 5.31. The Labute approximate surface area is 107 Å². The SMILES string of the molecule is CCC(C)(C)CCc1ccccc1OI. The highest BCUT2D eigenvalue weighted by molar-refractivity contribution is 14.1. The minimum atomic E-state index is 0.429. The third-order valence-electron chi connectivity index (χ3n) is 3.08. The monoisotopic (exact) mass is 318 g/mol. The third kappa shape index (κ3) is 4.01. The van der Waals surface area contributed by atoms with Crippen LogP contribution < -0.4 is 3.07 Å². The average molecular weight is 318 g/mol. The van der Waals surface area contributed by atoms with Crippen molar-refractivity contribution in [3.8, 4) is 5.75 Å². The fourth-order valence-electron chi connectivity index (χ4n) is 1.44. The predicted molar refractivity (Wildman–Crippen MR) is 73.5 cm³/mol. The molecule has 0 radical (unpaired) electrons. The van der Waals surface area contributed by atoms with E-state index in [1.54, 1.807) is 0 Å². The molecule has 0 bridgehead atoms. The quantitative estimate of drug-likeness (QED) is 0.710. The fraction of sp³-hybridized carbons (Fsp3) is 0.538. The molecule has 2 heteroatoms. The van der Waals surface area contributed by atoms with Gasteiger partial charge in [0.05, 0.1) is 0 Å². The van der Waals surface area contributed by atoms with E-state index in [1.165, 1.54) is 18.4 Å². The molecule has 1 rings (SSSR count). The van der Waals surface area contributed by atoms with Gasteiger partial charge in [0.15, 0.2) is 23.0 Å². The Kier molecular flexibility index (Phi) is 4.90. The number of benzene rings is 1. The summed E-state index contributed by atoms with van der Waals surface area (Å²) in [5.41, 5.74) is 1.74. The molecule has 0 spiro atoms. The maximum absolute atomic E-state index is 5.31. The van der Waals surface area contributed by atoms with Gasteiger partial charge in [-0.1, -0.05) is 45.4 Å². The smallest absolute Gasteiger partial charge is 0.192 e. The Morgan fingerprint density at radius 3 is 2.53 bits per heavy atom. The van der Waals surface area contributed by atoms with Crippen LogP contribution in [0.5, 0.6) is 5.75 Å². The number of rotatable bonds is 5. The zero-order valence-corrected chi connectivity index (χ0v) is 11.9. The fourth-order valence-corrected chi connectivity index (χ4v) is 1.87. The van der Waals surface area contributed by atoms with Crippen LogP contribution >= 0.6 is 23.0 Å². The topological polar surface area (TPSA) is 9.23 Å². The van der Waals surface area contributed by atoms with Crippen LogP contribution in [-0.2, 0) is 6.42 Å². The summed E-state index contributed by atoms with van der Waals surface area (Å²) in [6.07, 6.45) is 3.53. The first-order valence-corrected chi connectivity index (χ1v) is 6.33. The van der Waals surface area contributed by atoms with Crippen LogP contribution in [0.15, 0.2) is 24.3 Å². The largest absolute Gasteiger partial charge is 0.427 e. The van der Waals surface area contributed by atoms with Crippen LogP contribution in [0.2, 0.25) is 0 Å². The second-order valence-electron chi connectivity index (χ2n) is 4.70. The van der Waals surface area contributed by atoms with E-state index in [2.05, 4.69) is 32.9 Å². The molecule has 15 heavy (non-hydrogen) atoms. The summed E-state index contributed by atoms with van der Waals surface area (Å²) in [5.74, 6) is 1.00. The Morgan fingerprint density at radius 1 is 1.27 bits per heavy atom. The molecule has 0 saturated heterocycles. The molecule has 0 saturated carbocycles. The Morgan fingerprint density at radius 2 is 1.93 bits per heavy atom. The highest BCUT2D eigenvalue weighted by Crippen LogP contribution is 2.29. The van der Waals surface area contributed by atoms with Crippen molar-refractivity contribution in [2.24, 2.45) is 5.41 Å². The molecular formula is C13H19IO. The van der Waals surface area contributed by atoms with Crippen molar-refractivity contribution < 1.29 is 3.07 Å². The van der Waals surface area contributed by atoms with E-state index in [4.69, 9.17) is 3.07 Å². The minimum Gasteiger partial charge on any atom is -0.427 e. The van der Waals surface area contributed by atoms with E-state index in [0.29, 0.717) is 5.41 Å². The van der Waals surface area contributed by atoms with Crippen molar-refractivity contribution in [1.29, 1.82) is 0 Å². The molecule has 0 aromatic heterocycles. The highest BCUT2D eigenvalue weighted by Gasteiger charge is 2.15. The van der Waals surface area contributed by atoms with Gasteiger partial charge in [0.25, 0.3) is 0 Å². The maximum Gasteiger partial charge on any atom is 0.192 e. The summed E-state index contributed by atoms with van der Waals surface area (Å²) in [4.78, 5) is 0. The van der Waals surface area contributed by atoms with Crippen molar-refractivity contribution in [3.05, 3.63) is 29.8 Å². The van der Waals surface area contributed by atoms with E-state index < -0.39 is 0 Å². The van der Waals surface area contributed by atoms with Crippen LogP contribution in [0.4, 0.5) is 0 Å². The molecule has 0 heterocycles. The van der Waals surface area contributed by atoms with Crippen molar-refractivity contribution in [2.45, 2.75) is 40.0 Å². The van der Waals surface area contributed by atoms with Gasteiger partial charge in [-0.3, -0.25) is 0 Å². The van der Waals surface area contributed by atoms with Crippen molar-refractivity contribution >= 4 is 23.0 Å². The highest BCUT2D eigenvalue weighted by atomic mass is 127. The normalized spacial score (nSPS) is 11.5. The number of aryl methyl sites for hydroxylation is 1. The van der Waals surface area contributed by atoms with E-state index in [9.17, 15) is 0 Å². The van der Waals surface area contributed by atoms with Gasteiger partial charge in [0, 0.05) is 0 Å². The van der Waals surface area contributed by atoms with E-state index in [-0.39, 0.29) is 0 Å². The van der Waals surface area contributed by atoms with Crippen molar-refractivity contribution in [1.82, 2.24) is 0 Å². The number of hydrogen-bond donors (Lipinski definition) is 0. The van der Waals surface area contributed by atoms with Gasteiger partial charge in [-0.05, 0) is 29.9 Å². The molecule has 0 aliphatic rings. The lowest BCUT2D eigenvalue weighted by Crippen LogP contribution is -2.10. The van der Waals surface area contributed by atoms with Gasteiger partial charge in [0.2, 0.25) is 0 Å². The standard InChI is InChI=1S/C13H19IO/c1-4-13(2,3)10-9-11-7-5-6-8-12(11)15-14/h5-8H,4,9-10H2,1-3H3. The molecule has 0 atom stereocenters. The van der Waals surface area contributed by atoms with Crippen LogP contribution in [-0.4, -0.2) is 0 Å². The molecule has 0 unspecified atom stereocenters. The molecule has 0 aliphatic heterocycles. The van der Waals surface area contributed by atoms with Crippen molar-refractivity contribution in [2.75, 3.05) is 0 Å². The molecule has 84 valence electrons. The first kappa shape index (κ1) is 12.8. The number of hydrogen-bond acceptors (Lipinski definition) is 1. The van der Waals surface area contributed by atoms with Crippen LogP contribution in [0, 0.1) is 5.41 Å². The van der Waals surface area contributed by atoms with E-state index in [1.807, 2.05) is 35.1 Å². The molecule has 1 aromatic carbocycles. The molecule has 0 aliphatic carbocycles. The summed E-state index contributed by atoms with van der Waals surface area (Å²) in [6, 6.07) is 8.27. The molecule has 1 aromatic rings. The van der Waals surface area contributed by atoms with Gasteiger partial charge in [-0.25, -0.2) is 0 Å². The Bertz CT molecular complexity index is 307. The third-order valence-corrected chi connectivity index (χ3v) is 3.56. The Balaban J connectivity index is 2.65. The summed E-state index contributed by atoms with van der Waals surface area (Å²) in [7, 11) is 0. The van der Waals surface area contributed by atoms with Crippen LogP contribution in [0.3, 0.4) is 0 Å². The van der Waals surface area contributed by atoms with Gasteiger partial charge in [-0.2, -0.15) is 0 Å². The molecule has 1 nitrogen and oxygen atoms in total. The van der Waals surface area contributed by atoms with Gasteiger partial charge in [0.1, 0.15) is 5.75 Å². The van der Waals surface area contributed by atoms with E-state index >= 15 is 0 Å². The lowest BCUT2D eigenvalue weighted by atomic mass is 9.84. The lowest BCUT2D eigenvalue weighted by Gasteiger charge is -2.22. The zero-order chi connectivity index (χ0) is 11.3. The van der Waals surface area contributed by atoms with Gasteiger partial charge >= 0.3 is 0 Å². The van der Waals surface area contributed by atoms with Crippen LogP contribution in [0.25, 0.3) is 0 Å². The first-order chi connectivity index (χ1) is 7.09. The predicted octanol–water partition coefficient (Wildman–Crippen LogP) is 4.78. The molecule has 0 N–H and O–H groups in total. The second-order valence-corrected chi connectivity index (χ2v) is 5.14. The van der Waals surface area contributed by atoms with E-state index in [0.717, 1.165) is 12.2 Å². The molecule has 0 amide bonds. The molecule has 0 fully saturated rings. The summed E-state index contributed by atoms with van der Waals surface area (Å²) in [6.45, 7) is 6.89. The second kappa shape index (κ2) is 5.73. The Hall–Kier alpha value is -0.250. The minimum absolute atomic E-state index is 0.429. The summed E-state index contributed by atoms with van der Waals surface area (Å²) >= 11 is 1.95. The summed E-state index contributed by atoms with van der Waals surface area (Å²) in [5, 5.41) is 0. The van der Waals surface area contributed by atoms with Crippen LogP contribution in [0.1, 0.15) is 39.2 Å². The lowest BCUT2D eigenvalue weighted by molar-refractivity contribution is 0.322. The number of halogens is 1.